The number of aromatic amines is 1. The smallest absolute Gasteiger partial charge is 0.252 e. The van der Waals surface area contributed by atoms with E-state index < -0.39 is 0 Å². The predicted octanol–water partition coefficient (Wildman–Crippen LogP) is 2.64. The Bertz CT molecular complexity index is 708. The minimum absolute atomic E-state index is 0.160. The van der Waals surface area contributed by atoms with Crippen molar-refractivity contribution in [3.63, 3.8) is 0 Å². The van der Waals surface area contributed by atoms with Gasteiger partial charge < -0.3 is 15.7 Å². The zero-order valence-corrected chi connectivity index (χ0v) is 13.0. The molecule has 3 rings (SSSR count). The van der Waals surface area contributed by atoms with Gasteiger partial charge in [-0.25, -0.2) is 4.98 Å². The van der Waals surface area contributed by atoms with Gasteiger partial charge in [-0.15, -0.1) is 0 Å². The summed E-state index contributed by atoms with van der Waals surface area (Å²) in [6.45, 7) is 0.587. The molecule has 0 aliphatic heterocycles. The predicted molar refractivity (Wildman–Crippen MR) is 90.0 cm³/mol. The molecule has 6 nitrogen and oxygen atoms in total. The van der Waals surface area contributed by atoms with E-state index in [0.29, 0.717) is 29.9 Å². The summed E-state index contributed by atoms with van der Waals surface area (Å²) in [5.41, 5.74) is 1.19. The molecule has 0 unspecified atom stereocenters. The lowest BCUT2D eigenvalue weighted by Gasteiger charge is -2.22. The van der Waals surface area contributed by atoms with Crippen LogP contribution in [0.15, 0.2) is 35.1 Å². The van der Waals surface area contributed by atoms with Crippen LogP contribution in [-0.4, -0.2) is 21.1 Å². The Morgan fingerprint density at radius 2 is 2.04 bits per heavy atom. The molecular weight excluding hydrogens is 292 g/mol. The molecule has 0 saturated heterocycles. The fourth-order valence-corrected chi connectivity index (χ4v) is 2.93. The number of aromatic nitrogens is 2. The van der Waals surface area contributed by atoms with Crippen LogP contribution in [0.2, 0.25) is 0 Å². The zero-order chi connectivity index (χ0) is 16.1. The van der Waals surface area contributed by atoms with Gasteiger partial charge in [0.15, 0.2) is 0 Å². The Hall–Kier alpha value is -2.34. The van der Waals surface area contributed by atoms with Crippen LogP contribution >= 0.6 is 0 Å². The number of benzene rings is 1. The first-order valence-electron chi connectivity index (χ1n) is 8.09. The fourth-order valence-electron chi connectivity index (χ4n) is 2.93. The molecule has 2 aromatic rings. The SMILES string of the molecule is O=c1cc(CNC2CCCCC2)nc(Nc2cccc(O)c2)[nH]1. The van der Waals surface area contributed by atoms with Crippen molar-refractivity contribution < 1.29 is 5.11 Å². The van der Waals surface area contributed by atoms with Gasteiger partial charge in [-0.05, 0) is 25.0 Å². The fraction of sp³-hybridized carbons (Fsp3) is 0.412. The second-order valence-corrected chi connectivity index (χ2v) is 5.98. The first-order chi connectivity index (χ1) is 11.2. The highest BCUT2D eigenvalue weighted by atomic mass is 16.3. The van der Waals surface area contributed by atoms with E-state index in [1.807, 2.05) is 0 Å². The molecule has 1 aromatic carbocycles. The summed E-state index contributed by atoms with van der Waals surface area (Å²) >= 11 is 0. The van der Waals surface area contributed by atoms with E-state index in [4.69, 9.17) is 0 Å². The Kier molecular flexibility index (Phi) is 4.92. The summed E-state index contributed by atoms with van der Waals surface area (Å²) < 4.78 is 0. The normalized spacial score (nSPS) is 15.5. The summed E-state index contributed by atoms with van der Waals surface area (Å²) in [6.07, 6.45) is 6.24. The maximum Gasteiger partial charge on any atom is 0.252 e. The lowest BCUT2D eigenvalue weighted by Crippen LogP contribution is -2.31. The van der Waals surface area contributed by atoms with Crippen LogP contribution in [0.5, 0.6) is 5.75 Å². The van der Waals surface area contributed by atoms with Crippen molar-refractivity contribution in [3.05, 3.63) is 46.4 Å². The van der Waals surface area contributed by atoms with Gasteiger partial charge in [-0.2, -0.15) is 0 Å². The van der Waals surface area contributed by atoms with E-state index in [1.54, 1.807) is 24.3 Å². The third-order valence-corrected chi connectivity index (χ3v) is 4.08. The second kappa shape index (κ2) is 7.28. The molecule has 0 spiro atoms. The van der Waals surface area contributed by atoms with Gasteiger partial charge in [0.05, 0.1) is 5.69 Å². The van der Waals surface area contributed by atoms with E-state index >= 15 is 0 Å². The Labute approximate surface area is 135 Å². The standard InChI is InChI=1S/C17H22N4O2/c22-15-8-4-7-13(9-15)19-17-20-14(10-16(23)21-17)11-18-12-5-2-1-3-6-12/h4,7-10,12,18,22H,1-3,5-6,11H2,(H2,19,20,21,23). The van der Waals surface area contributed by atoms with Crippen molar-refractivity contribution in [1.29, 1.82) is 0 Å². The molecule has 122 valence electrons. The van der Waals surface area contributed by atoms with Crippen LogP contribution in [-0.2, 0) is 6.54 Å². The topological polar surface area (TPSA) is 90.0 Å². The largest absolute Gasteiger partial charge is 0.508 e. The molecule has 0 bridgehead atoms. The average molecular weight is 314 g/mol. The lowest BCUT2D eigenvalue weighted by molar-refractivity contribution is 0.371. The molecule has 0 radical (unpaired) electrons. The number of rotatable bonds is 5. The summed E-state index contributed by atoms with van der Waals surface area (Å²) in [5.74, 6) is 0.538. The van der Waals surface area contributed by atoms with Gasteiger partial charge in [0.2, 0.25) is 5.95 Å². The highest BCUT2D eigenvalue weighted by Crippen LogP contribution is 2.19. The van der Waals surface area contributed by atoms with E-state index in [1.165, 1.54) is 38.2 Å². The average Bonchev–Trinajstić information content (AvgIpc) is 2.53. The molecule has 0 atom stereocenters. The van der Waals surface area contributed by atoms with Gasteiger partial charge in [-0.1, -0.05) is 25.3 Å². The van der Waals surface area contributed by atoms with Crippen LogP contribution in [0.4, 0.5) is 11.6 Å². The van der Waals surface area contributed by atoms with Gasteiger partial charge in [0.25, 0.3) is 5.56 Å². The second-order valence-electron chi connectivity index (χ2n) is 5.98. The first kappa shape index (κ1) is 15.6. The molecule has 6 heteroatoms. The summed E-state index contributed by atoms with van der Waals surface area (Å²) in [7, 11) is 0. The molecule has 4 N–H and O–H groups in total. The Balaban J connectivity index is 1.67. The van der Waals surface area contributed by atoms with Crippen LogP contribution in [0.1, 0.15) is 37.8 Å². The van der Waals surface area contributed by atoms with E-state index in [0.717, 1.165) is 0 Å². The van der Waals surface area contributed by atoms with Crippen molar-refractivity contribution >= 4 is 11.6 Å². The quantitative estimate of drug-likeness (QED) is 0.681. The highest BCUT2D eigenvalue weighted by Gasteiger charge is 2.13. The number of hydrogen-bond acceptors (Lipinski definition) is 5. The number of phenolic OH excluding ortho intramolecular Hbond substituents is 1. The van der Waals surface area contributed by atoms with Crippen molar-refractivity contribution in [2.24, 2.45) is 0 Å². The number of nitrogens with zero attached hydrogens (tertiary/aromatic N) is 1. The van der Waals surface area contributed by atoms with Gasteiger partial charge in [0.1, 0.15) is 5.75 Å². The van der Waals surface area contributed by atoms with Gasteiger partial charge >= 0.3 is 0 Å². The van der Waals surface area contributed by atoms with Gasteiger partial charge in [-0.3, -0.25) is 9.78 Å². The molecule has 1 aliphatic carbocycles. The van der Waals surface area contributed by atoms with Crippen molar-refractivity contribution in [1.82, 2.24) is 15.3 Å². The van der Waals surface area contributed by atoms with Gasteiger partial charge in [0, 0.05) is 30.4 Å². The number of anilines is 2. The molecule has 1 aromatic heterocycles. The first-order valence-corrected chi connectivity index (χ1v) is 8.09. The number of phenols is 1. The molecule has 1 saturated carbocycles. The zero-order valence-electron chi connectivity index (χ0n) is 13.0. The maximum atomic E-state index is 11.8. The monoisotopic (exact) mass is 314 g/mol. The molecular formula is C17H22N4O2. The summed E-state index contributed by atoms with van der Waals surface area (Å²) in [5, 5.41) is 16.0. The summed E-state index contributed by atoms with van der Waals surface area (Å²) in [4.78, 5) is 18.9. The lowest BCUT2D eigenvalue weighted by atomic mass is 9.95. The number of H-pyrrole nitrogens is 1. The van der Waals surface area contributed by atoms with E-state index in [-0.39, 0.29) is 11.3 Å². The minimum Gasteiger partial charge on any atom is -0.508 e. The maximum absolute atomic E-state index is 11.8. The highest BCUT2D eigenvalue weighted by molar-refractivity contribution is 5.55. The number of nitrogens with one attached hydrogen (secondary N) is 3. The van der Waals surface area contributed by atoms with E-state index in [9.17, 15) is 9.90 Å². The molecule has 23 heavy (non-hydrogen) atoms. The van der Waals surface area contributed by atoms with Crippen LogP contribution in [0.25, 0.3) is 0 Å². The minimum atomic E-state index is -0.192. The van der Waals surface area contributed by atoms with Crippen LogP contribution < -0.4 is 16.2 Å². The Morgan fingerprint density at radius 3 is 2.83 bits per heavy atom. The molecule has 1 aliphatic rings. The van der Waals surface area contributed by atoms with Crippen LogP contribution in [0, 0.1) is 0 Å². The third kappa shape index (κ3) is 4.56. The molecule has 0 amide bonds. The van der Waals surface area contributed by atoms with Crippen molar-refractivity contribution in [3.8, 4) is 5.75 Å². The van der Waals surface area contributed by atoms with Crippen molar-refractivity contribution in [2.45, 2.75) is 44.7 Å². The third-order valence-electron chi connectivity index (χ3n) is 4.08. The summed E-state index contributed by atoms with van der Waals surface area (Å²) in [6, 6.07) is 8.73. The number of hydrogen-bond donors (Lipinski definition) is 4. The molecule has 1 fully saturated rings. The van der Waals surface area contributed by atoms with E-state index in [2.05, 4.69) is 20.6 Å². The molecule has 1 heterocycles. The number of aromatic hydroxyl groups is 1. The van der Waals surface area contributed by atoms with Crippen molar-refractivity contribution in [2.75, 3.05) is 5.32 Å². The Morgan fingerprint density at radius 1 is 1.22 bits per heavy atom. The van der Waals surface area contributed by atoms with Crippen LogP contribution in [0.3, 0.4) is 0 Å².